The van der Waals surface area contributed by atoms with Gasteiger partial charge < -0.3 is 14.4 Å². The molecule has 1 aromatic carbocycles. The molecule has 0 radical (unpaired) electrons. The molecule has 2 aliphatic heterocycles. The molecule has 0 unspecified atom stereocenters. The van der Waals surface area contributed by atoms with Gasteiger partial charge in [0, 0.05) is 44.3 Å². The highest BCUT2D eigenvalue weighted by atomic mass is 32.1. The van der Waals surface area contributed by atoms with Gasteiger partial charge in [0.25, 0.3) is 0 Å². The fraction of sp³-hybridized carbons (Fsp3) is 0.312. The summed E-state index contributed by atoms with van der Waals surface area (Å²) in [6, 6.07) is 6.14. The number of ether oxygens (including phenoxy) is 2. The highest BCUT2D eigenvalue weighted by molar-refractivity contribution is 7.13. The van der Waals surface area contributed by atoms with Crippen LogP contribution < -0.4 is 14.4 Å². The van der Waals surface area contributed by atoms with Gasteiger partial charge in [-0.25, -0.2) is 4.98 Å². The molecule has 0 amide bonds. The number of hydrogen-bond acceptors (Lipinski definition) is 6. The van der Waals surface area contributed by atoms with E-state index in [9.17, 15) is 0 Å². The molecule has 0 spiro atoms. The van der Waals surface area contributed by atoms with Crippen LogP contribution >= 0.6 is 11.3 Å². The third-order valence-electron chi connectivity index (χ3n) is 3.92. The van der Waals surface area contributed by atoms with Crippen LogP contribution in [0.2, 0.25) is 0 Å². The monoisotopic (exact) mass is 315 g/mol. The second-order valence-electron chi connectivity index (χ2n) is 5.37. The van der Waals surface area contributed by atoms with E-state index in [-0.39, 0.29) is 0 Å². The van der Waals surface area contributed by atoms with Crippen LogP contribution in [0.25, 0.3) is 0 Å². The van der Waals surface area contributed by atoms with Gasteiger partial charge in [0.2, 0.25) is 0 Å². The molecule has 4 rings (SSSR count). The first kappa shape index (κ1) is 13.6. The van der Waals surface area contributed by atoms with E-state index in [1.54, 1.807) is 23.9 Å². The van der Waals surface area contributed by atoms with Crippen LogP contribution in [0.4, 0.5) is 5.13 Å². The van der Waals surface area contributed by atoms with E-state index in [0.29, 0.717) is 0 Å². The van der Waals surface area contributed by atoms with Gasteiger partial charge in [-0.2, -0.15) is 0 Å². The highest BCUT2D eigenvalue weighted by Gasteiger charge is 2.19. The molecular formula is C16H17N3O2S. The van der Waals surface area contributed by atoms with Crippen LogP contribution in [0, 0.1) is 0 Å². The maximum absolute atomic E-state index is 5.48. The predicted octanol–water partition coefficient (Wildman–Crippen LogP) is 2.71. The molecule has 2 aliphatic rings. The third kappa shape index (κ3) is 2.80. The van der Waals surface area contributed by atoms with Gasteiger partial charge in [-0.1, -0.05) is 6.07 Å². The lowest BCUT2D eigenvalue weighted by Crippen LogP contribution is -2.45. The lowest BCUT2D eigenvalue weighted by Gasteiger charge is -2.34. The quantitative estimate of drug-likeness (QED) is 0.870. The maximum atomic E-state index is 5.48. The predicted molar refractivity (Wildman–Crippen MR) is 86.4 cm³/mol. The van der Waals surface area contributed by atoms with Crippen LogP contribution in [0.1, 0.15) is 5.56 Å². The molecule has 2 aromatic rings. The van der Waals surface area contributed by atoms with Crippen LogP contribution in [0.3, 0.4) is 0 Å². The largest absolute Gasteiger partial charge is 0.458 e. The van der Waals surface area contributed by atoms with Gasteiger partial charge in [0.1, 0.15) is 12.5 Å². The number of rotatable bonds is 3. The SMILES string of the molecule is C1=COc2cc(CN3CCN(c4nccs4)CC3)ccc2O1. The van der Waals surface area contributed by atoms with Crippen LogP contribution in [-0.4, -0.2) is 36.1 Å². The van der Waals surface area contributed by atoms with Gasteiger partial charge in [-0.3, -0.25) is 4.90 Å². The molecular weight excluding hydrogens is 298 g/mol. The Morgan fingerprint density at radius 2 is 1.86 bits per heavy atom. The van der Waals surface area contributed by atoms with Crippen LogP contribution in [0.15, 0.2) is 42.3 Å². The first-order valence-corrected chi connectivity index (χ1v) is 8.24. The fourth-order valence-corrected chi connectivity index (χ4v) is 3.47. The molecule has 0 aliphatic carbocycles. The molecule has 1 aromatic heterocycles. The number of aromatic nitrogens is 1. The lowest BCUT2D eigenvalue weighted by molar-refractivity contribution is 0.249. The zero-order valence-corrected chi connectivity index (χ0v) is 13.0. The van der Waals surface area contributed by atoms with Crippen molar-refractivity contribution in [3.05, 3.63) is 47.9 Å². The number of hydrogen-bond donors (Lipinski definition) is 0. The van der Waals surface area contributed by atoms with Crippen LogP contribution in [0.5, 0.6) is 11.5 Å². The molecule has 0 saturated carbocycles. The minimum Gasteiger partial charge on any atom is -0.458 e. The van der Waals surface area contributed by atoms with Gasteiger partial charge in [-0.05, 0) is 17.7 Å². The maximum Gasteiger partial charge on any atom is 0.185 e. The summed E-state index contributed by atoms with van der Waals surface area (Å²) in [6.07, 6.45) is 4.99. The van der Waals surface area contributed by atoms with Crippen molar-refractivity contribution in [2.24, 2.45) is 0 Å². The Balaban J connectivity index is 1.37. The van der Waals surface area contributed by atoms with E-state index in [0.717, 1.165) is 49.4 Å². The Hall–Kier alpha value is -2.05. The van der Waals surface area contributed by atoms with Crippen molar-refractivity contribution in [3.8, 4) is 11.5 Å². The summed E-state index contributed by atoms with van der Waals surface area (Å²) in [7, 11) is 0. The average molecular weight is 315 g/mol. The minimum absolute atomic E-state index is 0.778. The second kappa shape index (κ2) is 5.98. The van der Waals surface area contributed by atoms with Crippen molar-refractivity contribution in [1.82, 2.24) is 9.88 Å². The smallest absolute Gasteiger partial charge is 0.185 e. The third-order valence-corrected chi connectivity index (χ3v) is 4.75. The molecule has 0 bridgehead atoms. The van der Waals surface area contributed by atoms with Crippen molar-refractivity contribution in [1.29, 1.82) is 0 Å². The lowest BCUT2D eigenvalue weighted by atomic mass is 10.1. The zero-order chi connectivity index (χ0) is 14.8. The van der Waals surface area contributed by atoms with Crippen molar-refractivity contribution in [2.45, 2.75) is 6.54 Å². The first-order chi connectivity index (χ1) is 10.9. The minimum atomic E-state index is 0.778. The fourth-order valence-electron chi connectivity index (χ4n) is 2.77. The molecule has 0 atom stereocenters. The van der Waals surface area contributed by atoms with Gasteiger partial charge in [0.05, 0.1) is 0 Å². The summed E-state index contributed by atoms with van der Waals surface area (Å²) in [5, 5.41) is 3.16. The molecule has 22 heavy (non-hydrogen) atoms. The Morgan fingerprint density at radius 3 is 2.64 bits per heavy atom. The Kier molecular flexibility index (Phi) is 3.70. The number of fused-ring (bicyclic) bond motifs is 1. The summed E-state index contributed by atoms with van der Waals surface area (Å²) >= 11 is 1.71. The topological polar surface area (TPSA) is 37.8 Å². The average Bonchev–Trinajstić information content (AvgIpc) is 3.10. The second-order valence-corrected chi connectivity index (χ2v) is 6.24. The first-order valence-electron chi connectivity index (χ1n) is 7.36. The van der Waals surface area contributed by atoms with Crippen molar-refractivity contribution in [3.63, 3.8) is 0 Å². The molecule has 3 heterocycles. The zero-order valence-electron chi connectivity index (χ0n) is 12.1. The summed E-state index contributed by atoms with van der Waals surface area (Å²) in [4.78, 5) is 9.21. The standard InChI is InChI=1S/C16H17N3O2S/c1-2-14-15(21-9-8-20-14)11-13(1)12-18-4-6-19(7-5-18)16-17-3-10-22-16/h1-3,8-11H,4-7,12H2. The molecule has 5 nitrogen and oxygen atoms in total. The number of nitrogens with zero attached hydrogens (tertiary/aromatic N) is 3. The Labute approximate surface area is 133 Å². The van der Waals surface area contributed by atoms with Crippen molar-refractivity contribution in [2.75, 3.05) is 31.1 Å². The van der Waals surface area contributed by atoms with E-state index in [2.05, 4.69) is 26.9 Å². The normalized spacial score (nSPS) is 17.7. The van der Waals surface area contributed by atoms with Crippen molar-refractivity contribution >= 4 is 16.5 Å². The van der Waals surface area contributed by atoms with Gasteiger partial charge >= 0.3 is 0 Å². The molecule has 1 fully saturated rings. The Bertz CT molecular complexity index is 664. The molecule has 1 saturated heterocycles. The molecule has 6 heteroatoms. The molecule has 114 valence electrons. The number of thiazole rings is 1. The molecule has 0 N–H and O–H groups in total. The van der Waals surface area contributed by atoms with E-state index in [1.807, 2.05) is 17.6 Å². The van der Waals surface area contributed by atoms with E-state index >= 15 is 0 Å². The highest BCUT2D eigenvalue weighted by Crippen LogP contribution is 2.31. The summed E-state index contributed by atoms with van der Waals surface area (Å²) < 4.78 is 10.9. The number of anilines is 1. The van der Waals surface area contributed by atoms with Crippen LogP contribution in [-0.2, 0) is 6.54 Å². The van der Waals surface area contributed by atoms with E-state index in [4.69, 9.17) is 9.47 Å². The van der Waals surface area contributed by atoms with E-state index in [1.165, 1.54) is 5.56 Å². The summed E-state index contributed by atoms with van der Waals surface area (Å²) in [5.41, 5.74) is 1.25. The number of piperazine rings is 1. The van der Waals surface area contributed by atoms with Crippen molar-refractivity contribution < 1.29 is 9.47 Å². The number of benzene rings is 1. The van der Waals surface area contributed by atoms with Gasteiger partial charge in [0.15, 0.2) is 16.6 Å². The Morgan fingerprint density at radius 1 is 1.05 bits per heavy atom. The summed E-state index contributed by atoms with van der Waals surface area (Å²) in [5.74, 6) is 1.57. The summed E-state index contributed by atoms with van der Waals surface area (Å²) in [6.45, 7) is 5.09. The van der Waals surface area contributed by atoms with E-state index < -0.39 is 0 Å². The van der Waals surface area contributed by atoms with Gasteiger partial charge in [-0.15, -0.1) is 11.3 Å².